The van der Waals surface area contributed by atoms with Gasteiger partial charge in [-0.3, -0.25) is 4.79 Å². The van der Waals surface area contributed by atoms with Crippen molar-refractivity contribution < 1.29 is 9.53 Å². The standard InChI is InChI=1S/C13H26N2O2/c1-11(2)5-7-17-8-6-14-10-13(16)15-9-12-3-4-12/h11-12,14H,3-10H2,1-2H3,(H,15,16). The fourth-order valence-electron chi connectivity index (χ4n) is 1.41. The largest absolute Gasteiger partial charge is 0.380 e. The van der Waals surface area contributed by atoms with E-state index < -0.39 is 0 Å². The third kappa shape index (κ3) is 9.12. The molecule has 0 spiro atoms. The van der Waals surface area contributed by atoms with E-state index in [4.69, 9.17) is 4.74 Å². The summed E-state index contributed by atoms with van der Waals surface area (Å²) in [5, 5.41) is 6.00. The average Bonchev–Trinajstić information content (AvgIpc) is 3.08. The molecule has 4 nitrogen and oxygen atoms in total. The normalized spacial score (nSPS) is 15.2. The van der Waals surface area contributed by atoms with Crippen molar-refractivity contribution in [3.63, 3.8) is 0 Å². The molecule has 0 aromatic rings. The second-order valence-electron chi connectivity index (χ2n) is 5.22. The summed E-state index contributed by atoms with van der Waals surface area (Å²) < 4.78 is 5.44. The molecule has 0 heterocycles. The molecule has 2 N–H and O–H groups in total. The lowest BCUT2D eigenvalue weighted by Gasteiger charge is -2.08. The van der Waals surface area contributed by atoms with Crippen molar-refractivity contribution in [2.24, 2.45) is 11.8 Å². The molecule has 1 fully saturated rings. The van der Waals surface area contributed by atoms with E-state index in [1.54, 1.807) is 0 Å². The van der Waals surface area contributed by atoms with Gasteiger partial charge < -0.3 is 15.4 Å². The van der Waals surface area contributed by atoms with Gasteiger partial charge in [0.2, 0.25) is 5.91 Å². The summed E-state index contributed by atoms with van der Waals surface area (Å²) in [5.41, 5.74) is 0. The number of carbonyl (C=O) groups is 1. The number of carbonyl (C=O) groups excluding carboxylic acids is 1. The Morgan fingerprint density at radius 3 is 2.76 bits per heavy atom. The zero-order chi connectivity index (χ0) is 12.5. The molecule has 0 atom stereocenters. The first-order valence-electron chi connectivity index (χ1n) is 6.73. The molecule has 0 aromatic carbocycles. The Hall–Kier alpha value is -0.610. The molecule has 0 radical (unpaired) electrons. The van der Waals surface area contributed by atoms with E-state index in [0.717, 1.165) is 32.0 Å². The highest BCUT2D eigenvalue weighted by Gasteiger charge is 2.21. The predicted molar refractivity (Wildman–Crippen MR) is 68.9 cm³/mol. The molecule has 1 saturated carbocycles. The van der Waals surface area contributed by atoms with Gasteiger partial charge in [0.15, 0.2) is 0 Å². The molecule has 100 valence electrons. The lowest BCUT2D eigenvalue weighted by molar-refractivity contribution is -0.120. The van der Waals surface area contributed by atoms with Crippen LogP contribution in [0.3, 0.4) is 0 Å². The van der Waals surface area contributed by atoms with Gasteiger partial charge in [-0.2, -0.15) is 0 Å². The maximum Gasteiger partial charge on any atom is 0.233 e. The Bertz CT molecular complexity index is 215. The predicted octanol–water partition coefficient (Wildman–Crippen LogP) is 1.16. The number of rotatable bonds is 10. The van der Waals surface area contributed by atoms with Crippen LogP contribution in [0.4, 0.5) is 0 Å². The van der Waals surface area contributed by atoms with E-state index in [1.165, 1.54) is 12.8 Å². The molecule has 4 heteroatoms. The van der Waals surface area contributed by atoms with Crippen LogP contribution in [0.25, 0.3) is 0 Å². The smallest absolute Gasteiger partial charge is 0.233 e. The van der Waals surface area contributed by atoms with Crippen molar-refractivity contribution in [2.45, 2.75) is 33.1 Å². The van der Waals surface area contributed by atoms with Gasteiger partial charge in [0.1, 0.15) is 0 Å². The monoisotopic (exact) mass is 242 g/mol. The van der Waals surface area contributed by atoms with Gasteiger partial charge in [-0.1, -0.05) is 13.8 Å². The van der Waals surface area contributed by atoms with Gasteiger partial charge in [-0.05, 0) is 31.1 Å². The van der Waals surface area contributed by atoms with E-state index in [0.29, 0.717) is 19.1 Å². The highest BCUT2D eigenvalue weighted by atomic mass is 16.5. The second-order valence-corrected chi connectivity index (χ2v) is 5.22. The third-order valence-corrected chi connectivity index (χ3v) is 2.83. The van der Waals surface area contributed by atoms with Crippen LogP contribution < -0.4 is 10.6 Å². The highest BCUT2D eigenvalue weighted by Crippen LogP contribution is 2.27. The van der Waals surface area contributed by atoms with Crippen LogP contribution in [0, 0.1) is 11.8 Å². The molecule has 0 saturated heterocycles. The fraction of sp³-hybridized carbons (Fsp3) is 0.923. The number of amides is 1. The molecule has 0 aliphatic heterocycles. The van der Waals surface area contributed by atoms with Crippen LogP contribution in [0.15, 0.2) is 0 Å². The summed E-state index contributed by atoms with van der Waals surface area (Å²) >= 11 is 0. The molecule has 1 rings (SSSR count). The molecule has 0 bridgehead atoms. The first kappa shape index (κ1) is 14.5. The highest BCUT2D eigenvalue weighted by molar-refractivity contribution is 5.77. The topological polar surface area (TPSA) is 50.4 Å². The maximum atomic E-state index is 11.3. The van der Waals surface area contributed by atoms with Gasteiger partial charge in [-0.25, -0.2) is 0 Å². The van der Waals surface area contributed by atoms with E-state index in [9.17, 15) is 4.79 Å². The van der Waals surface area contributed by atoms with Crippen LogP contribution in [-0.4, -0.2) is 38.8 Å². The Morgan fingerprint density at radius 1 is 1.35 bits per heavy atom. The number of hydrogen-bond acceptors (Lipinski definition) is 3. The lowest BCUT2D eigenvalue weighted by Crippen LogP contribution is -2.36. The van der Waals surface area contributed by atoms with E-state index in [1.807, 2.05) is 0 Å². The number of nitrogens with one attached hydrogen (secondary N) is 2. The van der Waals surface area contributed by atoms with E-state index in [2.05, 4.69) is 24.5 Å². The minimum Gasteiger partial charge on any atom is -0.380 e. The van der Waals surface area contributed by atoms with Crippen molar-refractivity contribution in [1.82, 2.24) is 10.6 Å². The molecule has 1 aliphatic rings. The SMILES string of the molecule is CC(C)CCOCCNCC(=O)NCC1CC1. The molecule has 0 unspecified atom stereocenters. The fourth-order valence-corrected chi connectivity index (χ4v) is 1.41. The molecule has 0 aromatic heterocycles. The Labute approximate surface area is 104 Å². The zero-order valence-electron chi connectivity index (χ0n) is 11.1. The summed E-state index contributed by atoms with van der Waals surface area (Å²) in [6.07, 6.45) is 3.65. The molecular weight excluding hydrogens is 216 g/mol. The van der Waals surface area contributed by atoms with Gasteiger partial charge in [-0.15, -0.1) is 0 Å². The summed E-state index contributed by atoms with van der Waals surface area (Å²) in [6, 6.07) is 0. The Balaban J connectivity index is 1.77. The first-order valence-corrected chi connectivity index (χ1v) is 6.73. The molecule has 17 heavy (non-hydrogen) atoms. The second kappa shape index (κ2) is 8.48. The van der Waals surface area contributed by atoms with Gasteiger partial charge in [0.25, 0.3) is 0 Å². The quantitative estimate of drug-likeness (QED) is 0.565. The van der Waals surface area contributed by atoms with Crippen molar-refractivity contribution >= 4 is 5.91 Å². The van der Waals surface area contributed by atoms with Crippen LogP contribution in [0.2, 0.25) is 0 Å². The summed E-state index contributed by atoms with van der Waals surface area (Å²) in [4.78, 5) is 11.3. The van der Waals surface area contributed by atoms with Crippen molar-refractivity contribution in [3.8, 4) is 0 Å². The number of hydrogen-bond donors (Lipinski definition) is 2. The molecule has 1 aliphatic carbocycles. The Morgan fingerprint density at radius 2 is 2.12 bits per heavy atom. The summed E-state index contributed by atoms with van der Waals surface area (Å²) in [7, 11) is 0. The third-order valence-electron chi connectivity index (χ3n) is 2.83. The average molecular weight is 242 g/mol. The lowest BCUT2D eigenvalue weighted by atomic mass is 10.1. The van der Waals surface area contributed by atoms with Gasteiger partial charge >= 0.3 is 0 Å². The maximum absolute atomic E-state index is 11.3. The van der Waals surface area contributed by atoms with Crippen LogP contribution in [-0.2, 0) is 9.53 Å². The minimum atomic E-state index is 0.0964. The van der Waals surface area contributed by atoms with E-state index in [-0.39, 0.29) is 5.91 Å². The molecule has 1 amide bonds. The van der Waals surface area contributed by atoms with Crippen molar-refractivity contribution in [1.29, 1.82) is 0 Å². The Kier molecular flexibility index (Phi) is 7.21. The van der Waals surface area contributed by atoms with Crippen molar-refractivity contribution in [2.75, 3.05) is 32.8 Å². The van der Waals surface area contributed by atoms with E-state index >= 15 is 0 Å². The zero-order valence-corrected chi connectivity index (χ0v) is 11.1. The first-order chi connectivity index (χ1) is 8.18. The van der Waals surface area contributed by atoms with Crippen LogP contribution in [0.5, 0.6) is 0 Å². The van der Waals surface area contributed by atoms with Crippen LogP contribution >= 0.6 is 0 Å². The van der Waals surface area contributed by atoms with Gasteiger partial charge in [0.05, 0.1) is 13.2 Å². The van der Waals surface area contributed by atoms with Gasteiger partial charge in [0, 0.05) is 19.7 Å². The number of ether oxygens (including phenoxy) is 1. The summed E-state index contributed by atoms with van der Waals surface area (Å²) in [5.74, 6) is 1.54. The summed E-state index contributed by atoms with van der Waals surface area (Å²) in [6.45, 7) is 7.87. The van der Waals surface area contributed by atoms with Crippen LogP contribution in [0.1, 0.15) is 33.1 Å². The molecular formula is C13H26N2O2. The van der Waals surface area contributed by atoms with Crippen molar-refractivity contribution in [3.05, 3.63) is 0 Å². The minimum absolute atomic E-state index is 0.0964.